The molecule has 0 spiro atoms. The van der Waals surface area contributed by atoms with Crippen molar-refractivity contribution in [1.29, 1.82) is 0 Å². The Morgan fingerprint density at radius 3 is 1.69 bits per heavy atom. The number of rotatable bonds is 8. The van der Waals surface area contributed by atoms with E-state index in [-0.39, 0.29) is 32.7 Å². The molecule has 0 N–H and O–H groups in total. The Kier molecular flexibility index (Phi) is 16.6. The summed E-state index contributed by atoms with van der Waals surface area (Å²) >= 11 is 0. The van der Waals surface area contributed by atoms with Crippen LogP contribution in [0.5, 0.6) is 0 Å². The van der Waals surface area contributed by atoms with E-state index in [1.807, 2.05) is 0 Å². The fraction of sp³-hybridized carbons (Fsp3) is 0.909. The van der Waals surface area contributed by atoms with Crippen molar-refractivity contribution in [3.8, 4) is 0 Å². The Hall–Kier alpha value is 1.06. The van der Waals surface area contributed by atoms with Gasteiger partial charge in [-0.15, -0.1) is 0 Å². The van der Waals surface area contributed by atoms with E-state index in [0.717, 1.165) is 6.42 Å². The summed E-state index contributed by atoms with van der Waals surface area (Å²) in [7, 11) is 0. The van der Waals surface area contributed by atoms with Crippen LogP contribution in [-0.4, -0.2) is 24.5 Å². The number of nitrogens with zero attached hydrogens (tertiary/aromatic N) is 1. The quantitative estimate of drug-likeness (QED) is 0.605. The molecule has 0 amide bonds. The number of hydrogen-bond acceptors (Lipinski definition) is 1. The van der Waals surface area contributed by atoms with Crippen molar-refractivity contribution in [3.05, 3.63) is 6.92 Å². The van der Waals surface area contributed by atoms with Crippen molar-refractivity contribution >= 4 is 0 Å². The summed E-state index contributed by atoms with van der Waals surface area (Å²) in [5.41, 5.74) is 0. The van der Waals surface area contributed by atoms with Gasteiger partial charge in [0, 0.05) is 32.7 Å². The van der Waals surface area contributed by atoms with Gasteiger partial charge in [0.05, 0.1) is 0 Å². The van der Waals surface area contributed by atoms with Crippen LogP contribution in [0.25, 0.3) is 0 Å². The normalized spacial score (nSPS) is 10.2. The summed E-state index contributed by atoms with van der Waals surface area (Å²) in [6.45, 7) is 12.1. The molecular formula is C11H24NY-. The average molecular weight is 259 g/mol. The maximum Gasteiger partial charge on any atom is 0 e. The maximum absolute atomic E-state index is 3.90. The molecule has 2 heteroatoms. The molecule has 0 saturated carbocycles. The monoisotopic (exact) mass is 259 g/mol. The fourth-order valence-corrected chi connectivity index (χ4v) is 1.32. The molecule has 0 atom stereocenters. The van der Waals surface area contributed by atoms with E-state index in [1.165, 1.54) is 45.3 Å². The number of hydrogen-bond donors (Lipinski definition) is 0. The zero-order valence-electron chi connectivity index (χ0n) is 9.39. The maximum atomic E-state index is 3.90. The second kappa shape index (κ2) is 13.1. The van der Waals surface area contributed by atoms with Crippen molar-refractivity contribution in [2.75, 3.05) is 19.6 Å². The van der Waals surface area contributed by atoms with Crippen LogP contribution < -0.4 is 0 Å². The molecule has 0 fully saturated rings. The predicted octanol–water partition coefficient (Wildman–Crippen LogP) is 3.11. The zero-order valence-corrected chi connectivity index (χ0v) is 12.2. The molecular weight excluding hydrogens is 235 g/mol. The summed E-state index contributed by atoms with van der Waals surface area (Å²) in [6, 6.07) is 0. The molecule has 0 unspecified atom stereocenters. The third kappa shape index (κ3) is 11.0. The first-order valence-electron chi connectivity index (χ1n) is 5.36. The van der Waals surface area contributed by atoms with Gasteiger partial charge < -0.3 is 11.8 Å². The van der Waals surface area contributed by atoms with Gasteiger partial charge in [-0.3, -0.25) is 0 Å². The molecule has 1 nitrogen and oxygen atoms in total. The van der Waals surface area contributed by atoms with E-state index < -0.39 is 0 Å². The first kappa shape index (κ1) is 16.5. The standard InChI is InChI=1S/C11H24N.Y/c1-4-7-10-12(9-6-3)11-8-5-2;/h3-11H2,1-2H3;/q-1;. The molecule has 0 aromatic heterocycles. The SMILES string of the molecule is [CH2-]CCN(CCCC)CCCC.[Y]. The predicted molar refractivity (Wildman–Crippen MR) is 56.2 cm³/mol. The molecule has 13 heavy (non-hydrogen) atoms. The van der Waals surface area contributed by atoms with Crippen LogP contribution in [0.3, 0.4) is 0 Å². The molecule has 0 aliphatic heterocycles. The first-order chi connectivity index (χ1) is 5.85. The molecule has 1 radical (unpaired) electrons. The molecule has 0 heterocycles. The van der Waals surface area contributed by atoms with Crippen LogP contribution in [0, 0.1) is 6.92 Å². The van der Waals surface area contributed by atoms with Crippen LogP contribution >= 0.6 is 0 Å². The minimum Gasteiger partial charge on any atom is -0.342 e. The van der Waals surface area contributed by atoms with Gasteiger partial charge in [-0.1, -0.05) is 26.7 Å². The Labute approximate surface area is 110 Å². The van der Waals surface area contributed by atoms with Crippen LogP contribution in [0.2, 0.25) is 0 Å². The summed E-state index contributed by atoms with van der Waals surface area (Å²) < 4.78 is 0. The van der Waals surface area contributed by atoms with Crippen LogP contribution in [0.4, 0.5) is 0 Å². The first-order valence-corrected chi connectivity index (χ1v) is 5.36. The Balaban J connectivity index is 0. The topological polar surface area (TPSA) is 3.24 Å². The van der Waals surface area contributed by atoms with Crippen molar-refractivity contribution in [2.45, 2.75) is 46.0 Å². The number of unbranched alkanes of at least 4 members (excludes halogenated alkanes) is 2. The molecule has 0 aliphatic carbocycles. The fourth-order valence-electron chi connectivity index (χ4n) is 1.32. The van der Waals surface area contributed by atoms with E-state index in [4.69, 9.17) is 0 Å². The van der Waals surface area contributed by atoms with E-state index in [0.29, 0.717) is 0 Å². The molecule has 0 saturated heterocycles. The summed E-state index contributed by atoms with van der Waals surface area (Å²) in [5.74, 6) is 0. The van der Waals surface area contributed by atoms with Gasteiger partial charge in [0.25, 0.3) is 0 Å². The van der Waals surface area contributed by atoms with E-state index >= 15 is 0 Å². The molecule has 0 aromatic carbocycles. The Bertz CT molecular complexity index is 78.2. The van der Waals surface area contributed by atoms with Gasteiger partial charge in [-0.25, -0.2) is 0 Å². The minimum atomic E-state index is 0. The molecule has 0 aromatic rings. The van der Waals surface area contributed by atoms with Gasteiger partial charge in [-0.2, -0.15) is 6.42 Å². The van der Waals surface area contributed by atoms with Gasteiger partial charge >= 0.3 is 0 Å². The molecule has 0 aliphatic rings. The van der Waals surface area contributed by atoms with Gasteiger partial charge in [-0.05, 0) is 32.5 Å². The van der Waals surface area contributed by atoms with Crippen LogP contribution in [0.15, 0.2) is 0 Å². The van der Waals surface area contributed by atoms with Gasteiger partial charge in [0.2, 0.25) is 0 Å². The third-order valence-corrected chi connectivity index (χ3v) is 2.13. The van der Waals surface area contributed by atoms with Crippen molar-refractivity contribution < 1.29 is 32.7 Å². The summed E-state index contributed by atoms with van der Waals surface area (Å²) in [6.07, 6.45) is 6.33. The van der Waals surface area contributed by atoms with Crippen LogP contribution in [0.1, 0.15) is 46.0 Å². The zero-order chi connectivity index (χ0) is 9.23. The van der Waals surface area contributed by atoms with Gasteiger partial charge in [0.15, 0.2) is 0 Å². The second-order valence-electron chi connectivity index (χ2n) is 3.40. The largest absolute Gasteiger partial charge is 0.342 e. The second-order valence-corrected chi connectivity index (χ2v) is 3.40. The smallest absolute Gasteiger partial charge is 0 e. The van der Waals surface area contributed by atoms with E-state index in [9.17, 15) is 0 Å². The Morgan fingerprint density at radius 1 is 0.923 bits per heavy atom. The molecule has 77 valence electrons. The van der Waals surface area contributed by atoms with E-state index in [2.05, 4.69) is 25.7 Å². The van der Waals surface area contributed by atoms with Crippen LogP contribution in [-0.2, 0) is 32.7 Å². The average Bonchev–Trinajstić information content (AvgIpc) is 2.10. The summed E-state index contributed by atoms with van der Waals surface area (Å²) in [5, 5.41) is 0. The van der Waals surface area contributed by atoms with E-state index in [1.54, 1.807) is 0 Å². The van der Waals surface area contributed by atoms with Crippen molar-refractivity contribution in [1.82, 2.24) is 4.90 Å². The summed E-state index contributed by atoms with van der Waals surface area (Å²) in [4.78, 5) is 2.54. The van der Waals surface area contributed by atoms with Crippen molar-refractivity contribution in [3.63, 3.8) is 0 Å². The minimum absolute atomic E-state index is 0. The molecule has 0 rings (SSSR count). The Morgan fingerprint density at radius 2 is 1.38 bits per heavy atom. The van der Waals surface area contributed by atoms with Crippen molar-refractivity contribution in [2.24, 2.45) is 0 Å². The third-order valence-electron chi connectivity index (χ3n) is 2.13. The van der Waals surface area contributed by atoms with Gasteiger partial charge in [0.1, 0.15) is 0 Å². The molecule has 0 bridgehead atoms.